The molecule has 2 aromatic carbocycles. The predicted octanol–water partition coefficient (Wildman–Crippen LogP) is 4.85. The molecule has 0 saturated carbocycles. The number of hydrogen-bond acceptors (Lipinski definition) is 4. The number of hydrogen-bond donors (Lipinski definition) is 0. The topological polar surface area (TPSA) is 40.0 Å². The van der Waals surface area contributed by atoms with Gasteiger partial charge in [0.25, 0.3) is 0 Å². The third-order valence-corrected chi connectivity index (χ3v) is 5.12. The zero-order valence-corrected chi connectivity index (χ0v) is 14.9. The van der Waals surface area contributed by atoms with Crippen molar-refractivity contribution in [3.63, 3.8) is 0 Å². The average Bonchev–Trinajstić information content (AvgIpc) is 3.28. The first-order valence-corrected chi connectivity index (χ1v) is 9.00. The van der Waals surface area contributed by atoms with Gasteiger partial charge in [-0.15, -0.1) is 6.58 Å². The Morgan fingerprint density at radius 2 is 1.85 bits per heavy atom. The van der Waals surface area contributed by atoms with E-state index in [2.05, 4.69) is 23.9 Å². The first kappa shape index (κ1) is 16.9. The Morgan fingerprint density at radius 1 is 1.08 bits per heavy atom. The van der Waals surface area contributed by atoms with Crippen molar-refractivity contribution in [3.8, 4) is 5.75 Å². The molecule has 26 heavy (non-hydrogen) atoms. The lowest BCUT2D eigenvalue weighted by Gasteiger charge is -2.21. The van der Waals surface area contributed by atoms with Gasteiger partial charge in [0.1, 0.15) is 23.7 Å². The Morgan fingerprint density at radius 3 is 2.54 bits per heavy atom. The molecule has 2 aromatic rings. The molecule has 0 radical (unpaired) electrons. The molecule has 134 valence electrons. The average molecular weight is 349 g/mol. The van der Waals surface area contributed by atoms with E-state index in [9.17, 15) is 0 Å². The summed E-state index contributed by atoms with van der Waals surface area (Å²) in [6.07, 6.45) is 3.50. The van der Waals surface area contributed by atoms with Crippen LogP contribution in [0.4, 0.5) is 0 Å². The van der Waals surface area contributed by atoms with E-state index in [0.29, 0.717) is 0 Å². The molecule has 0 spiro atoms. The van der Waals surface area contributed by atoms with Crippen LogP contribution in [0.1, 0.15) is 36.2 Å². The second-order valence-electron chi connectivity index (χ2n) is 6.67. The summed E-state index contributed by atoms with van der Waals surface area (Å²) in [5.41, 5.74) is 3.22. The van der Waals surface area contributed by atoms with Gasteiger partial charge < -0.3 is 14.3 Å². The SMILES string of the molecule is C=CCC[C@@H]1ON=C2[C@H]1[C@@H](c1ccccc1)O[C@H]2c1ccc(OC)cc1. The van der Waals surface area contributed by atoms with Crippen LogP contribution in [0, 0.1) is 5.92 Å². The molecule has 0 bridgehead atoms. The maximum Gasteiger partial charge on any atom is 0.138 e. The largest absolute Gasteiger partial charge is 0.497 e. The van der Waals surface area contributed by atoms with Gasteiger partial charge in [-0.2, -0.15) is 0 Å². The molecule has 4 atom stereocenters. The van der Waals surface area contributed by atoms with E-state index in [0.717, 1.165) is 35.4 Å². The molecule has 0 amide bonds. The van der Waals surface area contributed by atoms with E-state index in [-0.39, 0.29) is 24.2 Å². The first-order chi connectivity index (χ1) is 12.8. The maximum atomic E-state index is 6.51. The number of oxime groups is 1. The van der Waals surface area contributed by atoms with Crippen LogP contribution in [0.15, 0.2) is 72.4 Å². The molecule has 1 saturated heterocycles. The summed E-state index contributed by atoms with van der Waals surface area (Å²) in [5, 5.41) is 4.43. The molecule has 2 aliphatic heterocycles. The van der Waals surface area contributed by atoms with Crippen LogP contribution in [-0.2, 0) is 9.57 Å². The molecule has 0 N–H and O–H groups in total. The third-order valence-electron chi connectivity index (χ3n) is 5.12. The number of methoxy groups -OCH3 is 1. The van der Waals surface area contributed by atoms with Crippen molar-refractivity contribution < 1.29 is 14.3 Å². The van der Waals surface area contributed by atoms with Gasteiger partial charge in [-0.05, 0) is 36.1 Å². The van der Waals surface area contributed by atoms with Gasteiger partial charge >= 0.3 is 0 Å². The zero-order valence-electron chi connectivity index (χ0n) is 14.9. The summed E-state index contributed by atoms with van der Waals surface area (Å²) in [5.74, 6) is 0.959. The summed E-state index contributed by atoms with van der Waals surface area (Å²) in [6.45, 7) is 3.83. The fourth-order valence-corrected chi connectivity index (χ4v) is 3.79. The molecule has 0 aliphatic carbocycles. The minimum atomic E-state index is -0.190. The van der Waals surface area contributed by atoms with Gasteiger partial charge in [0.05, 0.1) is 19.1 Å². The molecular weight excluding hydrogens is 326 g/mol. The van der Waals surface area contributed by atoms with Crippen molar-refractivity contribution in [2.24, 2.45) is 11.1 Å². The Bertz CT molecular complexity index is 785. The quantitative estimate of drug-likeness (QED) is 0.700. The van der Waals surface area contributed by atoms with Crippen molar-refractivity contribution in [1.29, 1.82) is 0 Å². The van der Waals surface area contributed by atoms with Crippen LogP contribution >= 0.6 is 0 Å². The standard InChI is InChI=1S/C22H23NO3/c1-3-4-10-18-19-20(23-26-18)22(16-11-13-17(24-2)14-12-16)25-21(19)15-8-6-5-7-9-15/h3,5-9,11-14,18-19,21-22H,1,4,10H2,2H3/t18-,19-,21+,22-/m0/s1. The smallest absolute Gasteiger partial charge is 0.138 e. The highest BCUT2D eigenvalue weighted by Crippen LogP contribution is 2.49. The minimum Gasteiger partial charge on any atom is -0.497 e. The highest BCUT2D eigenvalue weighted by molar-refractivity contribution is 5.95. The van der Waals surface area contributed by atoms with Crippen LogP contribution in [0.2, 0.25) is 0 Å². The lowest BCUT2D eigenvalue weighted by Crippen LogP contribution is -2.25. The van der Waals surface area contributed by atoms with Gasteiger partial charge in [-0.1, -0.05) is 53.7 Å². The van der Waals surface area contributed by atoms with E-state index >= 15 is 0 Å². The Balaban J connectivity index is 1.66. The van der Waals surface area contributed by atoms with Gasteiger partial charge in [-0.25, -0.2) is 0 Å². The fourth-order valence-electron chi connectivity index (χ4n) is 3.79. The van der Waals surface area contributed by atoms with Crippen molar-refractivity contribution >= 4 is 5.71 Å². The van der Waals surface area contributed by atoms with Crippen LogP contribution in [-0.4, -0.2) is 18.9 Å². The lowest BCUT2D eigenvalue weighted by atomic mass is 9.85. The normalized spacial score (nSPS) is 26.7. The van der Waals surface area contributed by atoms with Crippen molar-refractivity contribution in [2.75, 3.05) is 7.11 Å². The van der Waals surface area contributed by atoms with E-state index in [4.69, 9.17) is 14.3 Å². The van der Waals surface area contributed by atoms with E-state index in [1.165, 1.54) is 0 Å². The number of fused-ring (bicyclic) bond motifs is 1. The van der Waals surface area contributed by atoms with Gasteiger partial charge in [0, 0.05) is 0 Å². The third kappa shape index (κ3) is 3.01. The molecule has 0 aromatic heterocycles. The molecule has 2 heterocycles. The lowest BCUT2D eigenvalue weighted by molar-refractivity contribution is -0.0237. The first-order valence-electron chi connectivity index (χ1n) is 9.00. The number of nitrogens with zero attached hydrogens (tertiary/aromatic N) is 1. The Hall–Kier alpha value is -2.59. The molecule has 4 rings (SSSR count). The second kappa shape index (κ2) is 7.34. The summed E-state index contributed by atoms with van der Waals surface area (Å²) in [6, 6.07) is 18.3. The van der Waals surface area contributed by atoms with Crippen LogP contribution in [0.25, 0.3) is 0 Å². The maximum absolute atomic E-state index is 6.51. The van der Waals surface area contributed by atoms with E-state index in [1.807, 2.05) is 48.5 Å². The van der Waals surface area contributed by atoms with Crippen LogP contribution < -0.4 is 4.74 Å². The summed E-state index contributed by atoms with van der Waals surface area (Å²) in [4.78, 5) is 5.81. The molecule has 2 aliphatic rings. The molecule has 1 fully saturated rings. The summed E-state index contributed by atoms with van der Waals surface area (Å²) >= 11 is 0. The molecule has 4 heteroatoms. The van der Waals surface area contributed by atoms with E-state index < -0.39 is 0 Å². The zero-order chi connectivity index (χ0) is 17.9. The van der Waals surface area contributed by atoms with Gasteiger partial charge in [0.2, 0.25) is 0 Å². The summed E-state index contributed by atoms with van der Waals surface area (Å²) in [7, 11) is 1.67. The Labute approximate surface area is 154 Å². The minimum absolute atomic E-state index is 0.0245. The van der Waals surface area contributed by atoms with Crippen LogP contribution in [0.3, 0.4) is 0 Å². The number of allylic oxidation sites excluding steroid dienone is 1. The van der Waals surface area contributed by atoms with Crippen molar-refractivity contribution in [1.82, 2.24) is 0 Å². The number of benzene rings is 2. The summed E-state index contributed by atoms with van der Waals surface area (Å²) < 4.78 is 11.8. The Kier molecular flexibility index (Phi) is 4.76. The molecule has 0 unspecified atom stereocenters. The molecular formula is C22H23NO3. The fraction of sp³-hybridized carbons (Fsp3) is 0.318. The van der Waals surface area contributed by atoms with Gasteiger partial charge in [0.15, 0.2) is 0 Å². The second-order valence-corrected chi connectivity index (χ2v) is 6.67. The van der Waals surface area contributed by atoms with Crippen LogP contribution in [0.5, 0.6) is 5.75 Å². The van der Waals surface area contributed by atoms with E-state index in [1.54, 1.807) is 7.11 Å². The number of ether oxygens (including phenoxy) is 2. The predicted molar refractivity (Wildman–Crippen MR) is 101 cm³/mol. The molecule has 4 nitrogen and oxygen atoms in total. The highest BCUT2D eigenvalue weighted by atomic mass is 16.7. The van der Waals surface area contributed by atoms with Crippen molar-refractivity contribution in [2.45, 2.75) is 31.2 Å². The van der Waals surface area contributed by atoms with Gasteiger partial charge in [-0.3, -0.25) is 0 Å². The monoisotopic (exact) mass is 349 g/mol. The van der Waals surface area contributed by atoms with Crippen molar-refractivity contribution in [3.05, 3.63) is 78.4 Å². The highest BCUT2D eigenvalue weighted by Gasteiger charge is 2.51. The number of rotatable bonds is 6.